The standard InChI is InChI=1S/C11H9ClO3/c1-7(2)11(14)15-9-5-3-4-8(6-9)10(12)13/h3-6H,1H2,2H3. The molecule has 0 aromatic heterocycles. The maximum Gasteiger partial charge on any atom is 0.338 e. The summed E-state index contributed by atoms with van der Waals surface area (Å²) in [4.78, 5) is 22.0. The van der Waals surface area contributed by atoms with E-state index in [-0.39, 0.29) is 16.9 Å². The van der Waals surface area contributed by atoms with Crippen LogP contribution in [-0.4, -0.2) is 11.2 Å². The van der Waals surface area contributed by atoms with E-state index in [1.165, 1.54) is 12.1 Å². The maximum absolute atomic E-state index is 11.2. The molecule has 0 unspecified atom stereocenters. The number of ether oxygens (including phenoxy) is 1. The number of carbonyl (C=O) groups is 2. The van der Waals surface area contributed by atoms with Gasteiger partial charge in [-0.05, 0) is 36.7 Å². The van der Waals surface area contributed by atoms with Crippen LogP contribution in [0.2, 0.25) is 0 Å². The first-order valence-corrected chi connectivity index (χ1v) is 4.56. The van der Waals surface area contributed by atoms with Crippen molar-refractivity contribution in [3.05, 3.63) is 42.0 Å². The number of esters is 1. The van der Waals surface area contributed by atoms with Gasteiger partial charge in [0.1, 0.15) is 5.75 Å². The number of rotatable bonds is 3. The Morgan fingerprint density at radius 3 is 2.60 bits per heavy atom. The molecule has 1 aromatic rings. The average molecular weight is 225 g/mol. The minimum absolute atomic E-state index is 0.273. The molecule has 0 amide bonds. The van der Waals surface area contributed by atoms with Gasteiger partial charge in [-0.2, -0.15) is 0 Å². The molecule has 0 N–H and O–H groups in total. The fraction of sp³-hybridized carbons (Fsp3) is 0.0909. The molecule has 0 aliphatic carbocycles. The third-order valence-electron chi connectivity index (χ3n) is 1.62. The molecule has 0 radical (unpaired) electrons. The lowest BCUT2D eigenvalue weighted by Crippen LogP contribution is -2.08. The summed E-state index contributed by atoms with van der Waals surface area (Å²) in [5.74, 6) is -0.260. The quantitative estimate of drug-likeness (QED) is 0.343. The smallest absolute Gasteiger partial charge is 0.338 e. The van der Waals surface area contributed by atoms with Crippen molar-refractivity contribution in [1.29, 1.82) is 0 Å². The van der Waals surface area contributed by atoms with E-state index in [4.69, 9.17) is 16.3 Å². The van der Waals surface area contributed by atoms with Gasteiger partial charge in [0.05, 0.1) is 0 Å². The Hall–Kier alpha value is -1.61. The van der Waals surface area contributed by atoms with Gasteiger partial charge in [0.2, 0.25) is 0 Å². The molecule has 0 fully saturated rings. The van der Waals surface area contributed by atoms with Crippen molar-refractivity contribution in [1.82, 2.24) is 0 Å². The Bertz CT molecular complexity index is 424. The summed E-state index contributed by atoms with van der Waals surface area (Å²) in [6, 6.07) is 6.07. The highest BCUT2D eigenvalue weighted by molar-refractivity contribution is 6.67. The fourth-order valence-corrected chi connectivity index (χ4v) is 0.994. The number of hydrogen-bond acceptors (Lipinski definition) is 3. The van der Waals surface area contributed by atoms with E-state index >= 15 is 0 Å². The van der Waals surface area contributed by atoms with Crippen LogP contribution in [0.15, 0.2) is 36.4 Å². The Kier molecular flexibility index (Phi) is 3.63. The Labute approximate surface area is 92.3 Å². The van der Waals surface area contributed by atoms with Gasteiger partial charge in [-0.3, -0.25) is 4.79 Å². The Morgan fingerprint density at radius 2 is 2.07 bits per heavy atom. The van der Waals surface area contributed by atoms with Crippen LogP contribution in [0.3, 0.4) is 0 Å². The van der Waals surface area contributed by atoms with E-state index in [1.807, 2.05) is 0 Å². The van der Waals surface area contributed by atoms with E-state index < -0.39 is 11.2 Å². The van der Waals surface area contributed by atoms with Crippen LogP contribution in [0.25, 0.3) is 0 Å². The van der Waals surface area contributed by atoms with Crippen LogP contribution in [0.5, 0.6) is 5.75 Å². The summed E-state index contributed by atoms with van der Waals surface area (Å²) in [7, 11) is 0. The van der Waals surface area contributed by atoms with Crippen molar-refractivity contribution >= 4 is 22.8 Å². The Morgan fingerprint density at radius 1 is 1.40 bits per heavy atom. The molecule has 0 spiro atoms. The predicted molar refractivity (Wildman–Crippen MR) is 57.1 cm³/mol. The molecule has 0 aliphatic heterocycles. The van der Waals surface area contributed by atoms with E-state index in [9.17, 15) is 9.59 Å². The molecular formula is C11H9ClO3. The van der Waals surface area contributed by atoms with Crippen molar-refractivity contribution in [2.75, 3.05) is 0 Å². The van der Waals surface area contributed by atoms with Gasteiger partial charge < -0.3 is 4.74 Å². The number of carbonyl (C=O) groups excluding carboxylic acids is 2. The van der Waals surface area contributed by atoms with Crippen LogP contribution in [0.1, 0.15) is 17.3 Å². The number of halogens is 1. The molecule has 0 heterocycles. The van der Waals surface area contributed by atoms with Crippen molar-refractivity contribution in [2.24, 2.45) is 0 Å². The zero-order valence-corrected chi connectivity index (χ0v) is 8.88. The van der Waals surface area contributed by atoms with Gasteiger partial charge in [-0.15, -0.1) is 0 Å². The minimum Gasteiger partial charge on any atom is -0.423 e. The number of benzene rings is 1. The lowest BCUT2D eigenvalue weighted by molar-refractivity contribution is -0.130. The van der Waals surface area contributed by atoms with Crippen LogP contribution >= 0.6 is 11.6 Å². The molecular weight excluding hydrogens is 216 g/mol. The highest BCUT2D eigenvalue weighted by Crippen LogP contribution is 2.15. The molecule has 0 aliphatic rings. The van der Waals surface area contributed by atoms with Crippen molar-refractivity contribution < 1.29 is 14.3 Å². The van der Waals surface area contributed by atoms with E-state index in [0.717, 1.165) is 0 Å². The summed E-state index contributed by atoms with van der Waals surface area (Å²) in [5.41, 5.74) is 0.571. The van der Waals surface area contributed by atoms with Gasteiger partial charge in [0.15, 0.2) is 0 Å². The van der Waals surface area contributed by atoms with E-state index in [1.54, 1.807) is 19.1 Å². The van der Waals surface area contributed by atoms with Crippen molar-refractivity contribution in [3.8, 4) is 5.75 Å². The monoisotopic (exact) mass is 224 g/mol. The first-order valence-electron chi connectivity index (χ1n) is 4.18. The maximum atomic E-state index is 11.2. The van der Waals surface area contributed by atoms with Crippen LogP contribution < -0.4 is 4.74 Å². The highest BCUT2D eigenvalue weighted by atomic mass is 35.5. The van der Waals surface area contributed by atoms with Crippen molar-refractivity contribution in [2.45, 2.75) is 6.92 Å². The third-order valence-corrected chi connectivity index (χ3v) is 1.84. The first-order chi connectivity index (χ1) is 7.00. The minimum atomic E-state index is -0.594. The van der Waals surface area contributed by atoms with Crippen LogP contribution in [0.4, 0.5) is 0 Å². The number of hydrogen-bond donors (Lipinski definition) is 0. The zero-order chi connectivity index (χ0) is 11.4. The fourth-order valence-electron chi connectivity index (χ4n) is 0.876. The summed E-state index contributed by atoms with van der Waals surface area (Å²) >= 11 is 5.28. The molecule has 3 nitrogen and oxygen atoms in total. The summed E-state index contributed by atoms with van der Waals surface area (Å²) in [6.45, 7) is 4.98. The van der Waals surface area contributed by atoms with Crippen molar-refractivity contribution in [3.63, 3.8) is 0 Å². The lowest BCUT2D eigenvalue weighted by Gasteiger charge is -2.03. The van der Waals surface area contributed by atoms with E-state index in [2.05, 4.69) is 6.58 Å². The second-order valence-corrected chi connectivity index (χ2v) is 3.31. The third kappa shape index (κ3) is 3.22. The topological polar surface area (TPSA) is 43.4 Å². The molecule has 1 rings (SSSR count). The highest BCUT2D eigenvalue weighted by Gasteiger charge is 2.07. The molecule has 4 heteroatoms. The molecule has 0 atom stereocenters. The second kappa shape index (κ2) is 4.75. The normalized spacial score (nSPS) is 9.47. The molecule has 0 saturated heterocycles. The van der Waals surface area contributed by atoms with Gasteiger partial charge in [0.25, 0.3) is 5.24 Å². The average Bonchev–Trinajstić information content (AvgIpc) is 2.18. The summed E-state index contributed by atoms with van der Waals surface area (Å²) in [5, 5.41) is -0.594. The summed E-state index contributed by atoms with van der Waals surface area (Å²) in [6.07, 6.45) is 0. The molecule has 15 heavy (non-hydrogen) atoms. The van der Waals surface area contributed by atoms with Gasteiger partial charge in [0, 0.05) is 11.1 Å². The van der Waals surface area contributed by atoms with Gasteiger partial charge in [-0.1, -0.05) is 12.6 Å². The first kappa shape index (κ1) is 11.5. The van der Waals surface area contributed by atoms with Crippen LogP contribution in [0, 0.1) is 0 Å². The lowest BCUT2D eigenvalue weighted by atomic mass is 10.2. The molecule has 78 valence electrons. The van der Waals surface area contributed by atoms with Crippen LogP contribution in [-0.2, 0) is 4.79 Å². The molecule has 0 bridgehead atoms. The largest absolute Gasteiger partial charge is 0.423 e. The van der Waals surface area contributed by atoms with E-state index in [0.29, 0.717) is 0 Å². The van der Waals surface area contributed by atoms with Gasteiger partial charge in [-0.25, -0.2) is 4.79 Å². The molecule has 0 saturated carbocycles. The second-order valence-electron chi connectivity index (χ2n) is 2.97. The zero-order valence-electron chi connectivity index (χ0n) is 8.12. The van der Waals surface area contributed by atoms with Gasteiger partial charge >= 0.3 is 5.97 Å². The molecule has 1 aromatic carbocycles. The predicted octanol–water partition coefficient (Wildman–Crippen LogP) is 2.55. The Balaban J connectivity index is 2.87. The summed E-state index contributed by atoms with van der Waals surface area (Å²) < 4.78 is 4.92. The SMILES string of the molecule is C=C(C)C(=O)Oc1cccc(C(=O)Cl)c1.